The van der Waals surface area contributed by atoms with Gasteiger partial charge in [-0.1, -0.05) is 30.4 Å². The number of allylic oxidation sites excluding steroid dienone is 3. The van der Waals surface area contributed by atoms with Crippen molar-refractivity contribution >= 4 is 5.97 Å². The Morgan fingerprint density at radius 2 is 1.95 bits per heavy atom. The number of esters is 1. The lowest BCUT2D eigenvalue weighted by Crippen LogP contribution is -2.25. The van der Waals surface area contributed by atoms with E-state index in [0.717, 1.165) is 12.2 Å². The molecule has 0 N–H and O–H groups in total. The summed E-state index contributed by atoms with van der Waals surface area (Å²) in [5.41, 5.74) is 1.46. The van der Waals surface area contributed by atoms with Gasteiger partial charge in [0.15, 0.2) is 0 Å². The molecule has 0 saturated carbocycles. The lowest BCUT2D eigenvalue weighted by molar-refractivity contribution is -0.129. The van der Waals surface area contributed by atoms with Crippen molar-refractivity contribution in [2.45, 2.75) is 0 Å². The van der Waals surface area contributed by atoms with Gasteiger partial charge in [-0.3, -0.25) is 0 Å². The standard InChI is InChI=1S/C16H13NO2/c18-16(19-13-7-2-1-3-8-13)14-9-6-12-17-11-5-4-10-15(14)17/h1-11H,12H2. The maximum atomic E-state index is 12.2. The molecule has 0 spiro atoms. The molecule has 1 aromatic carbocycles. The lowest BCUT2D eigenvalue weighted by atomic mass is 10.1. The summed E-state index contributed by atoms with van der Waals surface area (Å²) in [6, 6.07) is 9.10. The molecule has 3 heteroatoms. The number of benzene rings is 1. The zero-order chi connectivity index (χ0) is 13.1. The first-order valence-electron chi connectivity index (χ1n) is 6.14. The van der Waals surface area contributed by atoms with Crippen LogP contribution in [0.25, 0.3) is 0 Å². The Morgan fingerprint density at radius 1 is 1.11 bits per heavy atom. The zero-order valence-corrected chi connectivity index (χ0v) is 10.3. The Balaban J connectivity index is 1.87. The normalized spacial score (nSPS) is 16.5. The molecule has 0 aliphatic carbocycles. The average molecular weight is 251 g/mol. The van der Waals surface area contributed by atoms with Crippen molar-refractivity contribution in [2.24, 2.45) is 0 Å². The fraction of sp³-hybridized carbons (Fsp3) is 0.0625. The van der Waals surface area contributed by atoms with Gasteiger partial charge in [0.2, 0.25) is 0 Å². The maximum absolute atomic E-state index is 12.2. The highest BCUT2D eigenvalue weighted by Crippen LogP contribution is 2.23. The quantitative estimate of drug-likeness (QED) is 0.598. The molecule has 0 saturated heterocycles. The summed E-state index contributed by atoms with van der Waals surface area (Å²) >= 11 is 0. The largest absolute Gasteiger partial charge is 0.423 e. The number of hydrogen-bond acceptors (Lipinski definition) is 3. The van der Waals surface area contributed by atoms with Gasteiger partial charge in [-0.2, -0.15) is 0 Å². The Labute approximate surface area is 111 Å². The van der Waals surface area contributed by atoms with E-state index in [2.05, 4.69) is 0 Å². The van der Waals surface area contributed by atoms with Crippen LogP contribution in [0.15, 0.2) is 78.2 Å². The third-order valence-electron chi connectivity index (χ3n) is 2.98. The van der Waals surface area contributed by atoms with Gasteiger partial charge in [-0.15, -0.1) is 0 Å². The van der Waals surface area contributed by atoms with E-state index in [0.29, 0.717) is 11.3 Å². The van der Waals surface area contributed by atoms with Crippen LogP contribution in [-0.2, 0) is 4.79 Å². The summed E-state index contributed by atoms with van der Waals surface area (Å²) in [5.74, 6) is 0.226. The predicted molar refractivity (Wildman–Crippen MR) is 73.2 cm³/mol. The van der Waals surface area contributed by atoms with Crippen molar-refractivity contribution < 1.29 is 9.53 Å². The van der Waals surface area contributed by atoms with Gasteiger partial charge >= 0.3 is 5.97 Å². The van der Waals surface area contributed by atoms with Crippen LogP contribution in [0.5, 0.6) is 5.75 Å². The molecule has 94 valence electrons. The van der Waals surface area contributed by atoms with Crippen molar-refractivity contribution in [3.05, 3.63) is 78.2 Å². The van der Waals surface area contributed by atoms with E-state index in [1.54, 1.807) is 12.1 Å². The van der Waals surface area contributed by atoms with Crippen molar-refractivity contribution in [3.8, 4) is 5.75 Å². The number of carbonyl (C=O) groups is 1. The third-order valence-corrected chi connectivity index (χ3v) is 2.98. The first kappa shape index (κ1) is 11.5. The second-order valence-electron chi connectivity index (χ2n) is 4.26. The summed E-state index contributed by atoms with van der Waals surface area (Å²) in [5, 5.41) is 0. The van der Waals surface area contributed by atoms with Crippen LogP contribution in [0.1, 0.15) is 0 Å². The second-order valence-corrected chi connectivity index (χ2v) is 4.26. The molecule has 0 aromatic heterocycles. The van der Waals surface area contributed by atoms with Crippen LogP contribution >= 0.6 is 0 Å². The van der Waals surface area contributed by atoms with Crippen LogP contribution in [0.2, 0.25) is 0 Å². The van der Waals surface area contributed by atoms with E-state index >= 15 is 0 Å². The van der Waals surface area contributed by atoms with Crippen LogP contribution in [-0.4, -0.2) is 17.4 Å². The molecule has 19 heavy (non-hydrogen) atoms. The molecule has 3 nitrogen and oxygen atoms in total. The molecule has 0 amide bonds. The van der Waals surface area contributed by atoms with Gasteiger partial charge < -0.3 is 9.64 Å². The molecule has 0 fully saturated rings. The van der Waals surface area contributed by atoms with Crippen LogP contribution in [0, 0.1) is 0 Å². The van der Waals surface area contributed by atoms with Gasteiger partial charge in [0, 0.05) is 12.7 Å². The minimum absolute atomic E-state index is 0.331. The van der Waals surface area contributed by atoms with E-state index in [1.165, 1.54) is 0 Å². The van der Waals surface area contributed by atoms with Crippen LogP contribution in [0.4, 0.5) is 0 Å². The molecule has 2 aliphatic heterocycles. The van der Waals surface area contributed by atoms with Gasteiger partial charge in [0.1, 0.15) is 5.75 Å². The molecule has 2 heterocycles. The SMILES string of the molecule is O=C(Oc1ccccc1)C1=C2C=CC=CN2CC=C1. The van der Waals surface area contributed by atoms with Gasteiger partial charge in [0.25, 0.3) is 0 Å². The highest BCUT2D eigenvalue weighted by Gasteiger charge is 2.20. The van der Waals surface area contributed by atoms with Crippen molar-refractivity contribution in [1.29, 1.82) is 0 Å². The Bertz CT molecular complexity index is 609. The zero-order valence-electron chi connectivity index (χ0n) is 10.3. The van der Waals surface area contributed by atoms with E-state index in [9.17, 15) is 4.79 Å². The molecule has 0 bridgehead atoms. The predicted octanol–water partition coefficient (Wildman–Crippen LogP) is 2.80. The minimum atomic E-state index is -0.331. The van der Waals surface area contributed by atoms with Crippen LogP contribution < -0.4 is 4.74 Å². The fourth-order valence-electron chi connectivity index (χ4n) is 2.07. The molecule has 3 rings (SSSR count). The number of rotatable bonds is 2. The summed E-state index contributed by atoms with van der Waals surface area (Å²) in [7, 11) is 0. The minimum Gasteiger partial charge on any atom is -0.423 e. The number of ether oxygens (including phenoxy) is 1. The van der Waals surface area contributed by atoms with Gasteiger partial charge in [0.05, 0.1) is 11.3 Å². The van der Waals surface area contributed by atoms with Gasteiger partial charge in [-0.25, -0.2) is 4.79 Å². The highest BCUT2D eigenvalue weighted by molar-refractivity contribution is 5.94. The molecular formula is C16H13NO2. The first-order valence-corrected chi connectivity index (χ1v) is 6.14. The fourth-order valence-corrected chi connectivity index (χ4v) is 2.07. The number of para-hydroxylation sites is 1. The second kappa shape index (κ2) is 4.98. The molecule has 0 unspecified atom stereocenters. The number of carbonyl (C=O) groups excluding carboxylic acids is 1. The lowest BCUT2D eigenvalue weighted by Gasteiger charge is -2.26. The Kier molecular flexibility index (Phi) is 3.02. The van der Waals surface area contributed by atoms with Gasteiger partial charge in [-0.05, 0) is 30.4 Å². The van der Waals surface area contributed by atoms with E-state index in [1.807, 2.05) is 59.7 Å². The van der Waals surface area contributed by atoms with E-state index < -0.39 is 0 Å². The van der Waals surface area contributed by atoms with E-state index in [4.69, 9.17) is 4.74 Å². The third kappa shape index (κ3) is 2.36. The topological polar surface area (TPSA) is 29.5 Å². The summed E-state index contributed by atoms with van der Waals surface area (Å²) < 4.78 is 5.37. The summed E-state index contributed by atoms with van der Waals surface area (Å²) in [4.78, 5) is 14.2. The van der Waals surface area contributed by atoms with Crippen LogP contribution in [0.3, 0.4) is 0 Å². The highest BCUT2D eigenvalue weighted by atomic mass is 16.5. The smallest absolute Gasteiger partial charge is 0.345 e. The van der Waals surface area contributed by atoms with Crippen molar-refractivity contribution in [1.82, 2.24) is 4.90 Å². The number of nitrogens with zero attached hydrogens (tertiary/aromatic N) is 1. The Morgan fingerprint density at radius 3 is 2.79 bits per heavy atom. The summed E-state index contributed by atoms with van der Waals surface area (Å²) in [6.07, 6.45) is 11.5. The Hall–Kier alpha value is -2.55. The number of hydrogen-bond donors (Lipinski definition) is 0. The van der Waals surface area contributed by atoms with Crippen molar-refractivity contribution in [2.75, 3.05) is 6.54 Å². The molecular weight excluding hydrogens is 238 g/mol. The summed E-state index contributed by atoms with van der Waals surface area (Å²) in [6.45, 7) is 0.776. The molecule has 2 aliphatic rings. The molecule has 1 aromatic rings. The first-order chi connectivity index (χ1) is 9.34. The average Bonchev–Trinajstić information content (AvgIpc) is 2.47. The van der Waals surface area contributed by atoms with Crippen molar-refractivity contribution in [3.63, 3.8) is 0 Å². The molecule has 0 atom stereocenters. The molecule has 0 radical (unpaired) electrons. The van der Waals surface area contributed by atoms with E-state index in [-0.39, 0.29) is 5.97 Å². The number of fused-ring (bicyclic) bond motifs is 1. The monoisotopic (exact) mass is 251 g/mol. The maximum Gasteiger partial charge on any atom is 0.345 e.